The number of carboxylic acids is 1. The van der Waals surface area contributed by atoms with Gasteiger partial charge in [-0.2, -0.15) is 0 Å². The first-order valence-corrected chi connectivity index (χ1v) is 12.6. The Bertz CT molecular complexity index is 1530. The third-order valence-electron chi connectivity index (χ3n) is 6.25. The van der Waals surface area contributed by atoms with Crippen molar-refractivity contribution >= 4 is 52.9 Å². The molecule has 1 N–H and O–H groups in total. The summed E-state index contributed by atoms with van der Waals surface area (Å²) in [6, 6.07) is 20.1. The minimum atomic E-state index is -0.920. The lowest BCUT2D eigenvalue weighted by atomic mass is 9.97. The van der Waals surface area contributed by atoms with E-state index in [1.807, 2.05) is 30.4 Å². The van der Waals surface area contributed by atoms with Crippen LogP contribution in [0.15, 0.2) is 66.7 Å². The van der Waals surface area contributed by atoms with Gasteiger partial charge >= 0.3 is 5.97 Å². The zero-order valence-corrected chi connectivity index (χ0v) is 20.3. The van der Waals surface area contributed by atoms with Gasteiger partial charge in [0.25, 0.3) is 0 Å². The average Bonchev–Trinajstić information content (AvgIpc) is 3.03. The van der Waals surface area contributed by atoms with Crippen LogP contribution in [0.1, 0.15) is 45.7 Å². The van der Waals surface area contributed by atoms with Crippen LogP contribution in [0.4, 0.5) is 8.78 Å². The van der Waals surface area contributed by atoms with Crippen LogP contribution in [-0.4, -0.2) is 21.8 Å². The maximum Gasteiger partial charge on any atom is 0.307 e. The molecule has 5 rings (SSSR count). The fraction of sp³-hybridized carbons (Fsp3) is 0.133. The van der Waals surface area contributed by atoms with Gasteiger partial charge in [-0.15, -0.1) is 11.8 Å². The van der Waals surface area contributed by atoms with E-state index < -0.39 is 23.5 Å². The lowest BCUT2D eigenvalue weighted by Gasteiger charge is -2.21. The largest absolute Gasteiger partial charge is 0.481 e. The van der Waals surface area contributed by atoms with Gasteiger partial charge in [0.15, 0.2) is 11.6 Å². The summed E-state index contributed by atoms with van der Waals surface area (Å²) in [4.78, 5) is 15.9. The summed E-state index contributed by atoms with van der Waals surface area (Å²) in [5.74, 6) is -2.58. The highest BCUT2D eigenvalue weighted by Crippen LogP contribution is 2.43. The van der Waals surface area contributed by atoms with Gasteiger partial charge in [-0.1, -0.05) is 67.6 Å². The third kappa shape index (κ3) is 4.95. The van der Waals surface area contributed by atoms with Gasteiger partial charge in [0.2, 0.25) is 0 Å². The Morgan fingerprint density at radius 3 is 2.53 bits per heavy atom. The SMILES string of the molecule is C[C@H](CSC1c2ccccc2C=Cc2ccc(/C=C/c3ccc4cc(F)c(F)cc4n3)cc21)C(=O)O. The monoisotopic (exact) mass is 499 g/mol. The molecule has 1 unspecified atom stereocenters. The minimum Gasteiger partial charge on any atom is -0.481 e. The smallest absolute Gasteiger partial charge is 0.307 e. The van der Waals surface area contributed by atoms with Gasteiger partial charge in [-0.25, -0.2) is 13.8 Å². The van der Waals surface area contributed by atoms with Crippen LogP contribution in [0.5, 0.6) is 0 Å². The number of rotatable bonds is 6. The second-order valence-electron chi connectivity index (χ2n) is 8.83. The summed E-state index contributed by atoms with van der Waals surface area (Å²) in [7, 11) is 0. The van der Waals surface area contributed by atoms with E-state index in [1.165, 1.54) is 0 Å². The molecule has 36 heavy (non-hydrogen) atoms. The Morgan fingerprint density at radius 1 is 0.972 bits per heavy atom. The van der Waals surface area contributed by atoms with Crippen molar-refractivity contribution in [3.63, 3.8) is 0 Å². The normalized spacial score (nSPS) is 15.5. The zero-order chi connectivity index (χ0) is 25.2. The molecule has 0 bridgehead atoms. The van der Waals surface area contributed by atoms with Gasteiger partial charge in [-0.05, 0) is 52.1 Å². The highest BCUT2D eigenvalue weighted by Gasteiger charge is 2.24. The number of aliphatic carboxylic acids is 1. The molecule has 0 fully saturated rings. The highest BCUT2D eigenvalue weighted by molar-refractivity contribution is 7.99. The number of hydrogen-bond donors (Lipinski definition) is 1. The second kappa shape index (κ2) is 10.1. The minimum absolute atomic E-state index is 0.0157. The van der Waals surface area contributed by atoms with Gasteiger partial charge in [0.1, 0.15) is 0 Å². The molecule has 1 heterocycles. The zero-order valence-electron chi connectivity index (χ0n) is 19.5. The maximum atomic E-state index is 13.7. The molecule has 3 nitrogen and oxygen atoms in total. The number of aromatic nitrogens is 1. The average molecular weight is 500 g/mol. The van der Waals surface area contributed by atoms with E-state index in [9.17, 15) is 18.7 Å². The predicted molar refractivity (Wildman–Crippen MR) is 143 cm³/mol. The van der Waals surface area contributed by atoms with Crippen LogP contribution in [0, 0.1) is 17.6 Å². The number of hydrogen-bond acceptors (Lipinski definition) is 3. The van der Waals surface area contributed by atoms with Crippen LogP contribution >= 0.6 is 11.8 Å². The molecule has 0 aliphatic heterocycles. The van der Waals surface area contributed by atoms with Crippen molar-refractivity contribution in [2.24, 2.45) is 5.92 Å². The summed E-state index contributed by atoms with van der Waals surface area (Å²) in [5.41, 5.74) is 6.47. The highest BCUT2D eigenvalue weighted by atomic mass is 32.2. The van der Waals surface area contributed by atoms with E-state index in [-0.39, 0.29) is 5.25 Å². The lowest BCUT2D eigenvalue weighted by molar-refractivity contribution is -0.140. The molecule has 0 saturated carbocycles. The summed E-state index contributed by atoms with van der Waals surface area (Å²) in [6.45, 7) is 1.73. The van der Waals surface area contributed by atoms with Crippen molar-refractivity contribution in [2.45, 2.75) is 12.2 Å². The first kappa shape index (κ1) is 23.9. The third-order valence-corrected chi connectivity index (χ3v) is 7.78. The maximum absolute atomic E-state index is 13.7. The molecule has 0 radical (unpaired) electrons. The molecule has 1 aromatic heterocycles. The molecule has 4 aromatic rings. The van der Waals surface area contributed by atoms with E-state index in [2.05, 4.69) is 41.4 Å². The summed E-state index contributed by atoms with van der Waals surface area (Å²) in [5, 5.41) is 9.92. The van der Waals surface area contributed by atoms with E-state index >= 15 is 0 Å². The number of pyridine rings is 1. The standard InChI is InChI=1S/C30H23F2NO2S/c1-18(30(34)35)17-36-29-24-5-3-2-4-20(24)9-10-21-8-6-19(14-25(21)29)7-12-23-13-11-22-15-26(31)27(32)16-28(22)33-23/h2-16,18,29H,17H2,1H3,(H,34,35)/b12-7+/t18-,29?/m1/s1. The lowest BCUT2D eigenvalue weighted by Crippen LogP contribution is -2.13. The van der Waals surface area contributed by atoms with Crippen molar-refractivity contribution < 1.29 is 18.7 Å². The number of halogens is 2. The summed E-state index contributed by atoms with van der Waals surface area (Å²) in [6.07, 6.45) is 7.99. The Labute approximate surface area is 212 Å². The Kier molecular flexibility index (Phi) is 6.70. The van der Waals surface area contributed by atoms with Crippen LogP contribution in [-0.2, 0) is 4.79 Å². The Hall–Kier alpha value is -3.77. The van der Waals surface area contributed by atoms with Crippen molar-refractivity contribution in [2.75, 3.05) is 5.75 Å². The fourth-order valence-electron chi connectivity index (χ4n) is 4.22. The van der Waals surface area contributed by atoms with Gasteiger partial charge in [0.05, 0.1) is 22.4 Å². The van der Waals surface area contributed by atoms with Crippen LogP contribution in [0.25, 0.3) is 35.2 Å². The van der Waals surface area contributed by atoms with Crippen LogP contribution in [0.2, 0.25) is 0 Å². The van der Waals surface area contributed by atoms with Crippen LogP contribution in [0.3, 0.4) is 0 Å². The Balaban J connectivity index is 1.49. The number of benzene rings is 3. The van der Waals surface area contributed by atoms with Gasteiger partial charge < -0.3 is 5.11 Å². The quantitative estimate of drug-likeness (QED) is 0.295. The van der Waals surface area contributed by atoms with E-state index in [4.69, 9.17) is 0 Å². The number of nitrogens with zero attached hydrogens (tertiary/aromatic N) is 1. The molecular formula is C30H23F2NO2S. The van der Waals surface area contributed by atoms with Crippen molar-refractivity contribution in [1.82, 2.24) is 4.98 Å². The number of fused-ring (bicyclic) bond motifs is 3. The predicted octanol–water partition coefficient (Wildman–Crippen LogP) is 7.71. The molecule has 3 aromatic carbocycles. The van der Waals surface area contributed by atoms with Crippen molar-refractivity contribution in [3.05, 3.63) is 112 Å². The number of carbonyl (C=O) groups is 1. The summed E-state index contributed by atoms with van der Waals surface area (Å²) < 4.78 is 27.1. The molecule has 6 heteroatoms. The molecule has 1 aliphatic rings. The topological polar surface area (TPSA) is 50.2 Å². The van der Waals surface area contributed by atoms with E-state index in [0.29, 0.717) is 22.3 Å². The first-order chi connectivity index (χ1) is 17.4. The molecule has 0 amide bonds. The van der Waals surface area contributed by atoms with Crippen molar-refractivity contribution in [1.29, 1.82) is 0 Å². The first-order valence-electron chi connectivity index (χ1n) is 11.6. The van der Waals surface area contributed by atoms with Gasteiger partial charge in [0, 0.05) is 17.2 Å². The second-order valence-corrected chi connectivity index (χ2v) is 9.97. The van der Waals surface area contributed by atoms with Gasteiger partial charge in [-0.3, -0.25) is 4.79 Å². The number of thioether (sulfide) groups is 1. The van der Waals surface area contributed by atoms with Crippen LogP contribution < -0.4 is 0 Å². The number of carboxylic acid groups (broad SMARTS) is 1. The fourth-order valence-corrected chi connectivity index (χ4v) is 5.63. The molecule has 0 saturated heterocycles. The molecular weight excluding hydrogens is 476 g/mol. The van der Waals surface area contributed by atoms with E-state index in [0.717, 1.165) is 39.9 Å². The molecule has 2 atom stereocenters. The van der Waals surface area contributed by atoms with Crippen molar-refractivity contribution in [3.8, 4) is 0 Å². The summed E-state index contributed by atoms with van der Waals surface area (Å²) >= 11 is 1.64. The molecule has 0 spiro atoms. The van der Waals surface area contributed by atoms with E-state index in [1.54, 1.807) is 30.8 Å². The molecule has 1 aliphatic carbocycles. The molecule has 180 valence electrons. The Morgan fingerprint density at radius 2 is 1.72 bits per heavy atom.